The summed E-state index contributed by atoms with van der Waals surface area (Å²) >= 11 is 0. The highest BCUT2D eigenvalue weighted by molar-refractivity contribution is 5.46. The van der Waals surface area contributed by atoms with Gasteiger partial charge in [-0.3, -0.25) is 4.90 Å². The molecule has 1 saturated heterocycles. The Hall–Kier alpha value is -4.02. The average Bonchev–Trinajstić information content (AvgIpc) is 3.37. The number of rotatable bonds is 7. The third kappa shape index (κ3) is 4.82. The van der Waals surface area contributed by atoms with Crippen molar-refractivity contribution in [1.29, 1.82) is 5.26 Å². The van der Waals surface area contributed by atoms with Crippen LogP contribution in [-0.4, -0.2) is 51.3 Å². The molecule has 1 aliphatic heterocycles. The molecular weight excluding hydrogens is 422 g/mol. The molecule has 2 heterocycles. The van der Waals surface area contributed by atoms with Crippen LogP contribution in [-0.2, 0) is 13.0 Å². The molecule has 1 fully saturated rings. The van der Waals surface area contributed by atoms with Gasteiger partial charge in [0.05, 0.1) is 17.7 Å². The molecule has 0 aliphatic carbocycles. The van der Waals surface area contributed by atoms with Crippen LogP contribution in [0.2, 0.25) is 0 Å². The molecule has 34 heavy (non-hydrogen) atoms. The van der Waals surface area contributed by atoms with Crippen molar-refractivity contribution in [2.75, 3.05) is 31.1 Å². The summed E-state index contributed by atoms with van der Waals surface area (Å²) in [5.74, 6) is 0.819. The first-order chi connectivity index (χ1) is 16.8. The fourth-order valence-corrected chi connectivity index (χ4v) is 4.62. The maximum Gasteiger partial charge on any atom is 0.173 e. The monoisotopic (exact) mass is 449 g/mol. The zero-order chi connectivity index (χ0) is 23.2. The Morgan fingerprint density at radius 3 is 2.32 bits per heavy atom. The minimum atomic E-state index is -0.114. The molecule has 0 amide bonds. The van der Waals surface area contributed by atoms with Crippen LogP contribution in [0.15, 0.2) is 84.9 Å². The van der Waals surface area contributed by atoms with Crippen molar-refractivity contribution in [3.8, 4) is 6.07 Å². The number of aromatic nitrogens is 4. The highest BCUT2D eigenvalue weighted by Crippen LogP contribution is 2.29. The van der Waals surface area contributed by atoms with Gasteiger partial charge in [0.25, 0.3) is 0 Å². The first kappa shape index (κ1) is 21.8. The van der Waals surface area contributed by atoms with E-state index in [-0.39, 0.29) is 6.04 Å². The predicted molar refractivity (Wildman–Crippen MR) is 131 cm³/mol. The van der Waals surface area contributed by atoms with Crippen molar-refractivity contribution < 1.29 is 0 Å². The lowest BCUT2D eigenvalue weighted by Gasteiger charge is -2.40. The number of nitriles is 1. The van der Waals surface area contributed by atoms with Crippen molar-refractivity contribution in [2.45, 2.75) is 19.0 Å². The Kier molecular flexibility index (Phi) is 6.59. The molecule has 170 valence electrons. The van der Waals surface area contributed by atoms with E-state index < -0.39 is 0 Å². The molecule has 1 atom stereocenters. The Bertz CT molecular complexity index is 1240. The van der Waals surface area contributed by atoms with Gasteiger partial charge in [-0.2, -0.15) is 5.26 Å². The number of hydrogen-bond acceptors (Lipinski definition) is 6. The minimum Gasteiger partial charge on any atom is -0.369 e. The summed E-state index contributed by atoms with van der Waals surface area (Å²) in [7, 11) is 0. The normalized spacial score (nSPS) is 15.1. The number of benzene rings is 3. The summed E-state index contributed by atoms with van der Waals surface area (Å²) in [6.45, 7) is 4.29. The molecule has 1 aromatic heterocycles. The number of piperazine rings is 1. The second kappa shape index (κ2) is 10.3. The van der Waals surface area contributed by atoms with Gasteiger partial charge in [0, 0.05) is 38.4 Å². The first-order valence-corrected chi connectivity index (χ1v) is 11.7. The summed E-state index contributed by atoms with van der Waals surface area (Å²) in [5, 5.41) is 22.3. The fraction of sp³-hybridized carbons (Fsp3) is 0.259. The number of hydrogen-bond donors (Lipinski definition) is 0. The summed E-state index contributed by atoms with van der Waals surface area (Å²) in [4.78, 5) is 4.85. The Morgan fingerprint density at radius 1 is 0.853 bits per heavy atom. The minimum absolute atomic E-state index is 0.114. The second-order valence-electron chi connectivity index (χ2n) is 8.49. The number of para-hydroxylation sites is 1. The van der Waals surface area contributed by atoms with Crippen LogP contribution in [0.1, 0.15) is 28.6 Å². The molecule has 0 spiro atoms. The molecule has 7 nitrogen and oxygen atoms in total. The maximum atomic E-state index is 9.49. The summed E-state index contributed by atoms with van der Waals surface area (Å²) in [6, 6.07) is 30.9. The van der Waals surface area contributed by atoms with Gasteiger partial charge in [-0.15, -0.1) is 5.10 Å². The summed E-state index contributed by atoms with van der Waals surface area (Å²) < 4.78 is 1.92. The topological polar surface area (TPSA) is 73.9 Å². The average molecular weight is 450 g/mol. The van der Waals surface area contributed by atoms with Crippen LogP contribution >= 0.6 is 0 Å². The standard InChI is InChI=1S/C27H27N7/c28-21-23-10-7-11-24(20-23)26(33-18-16-32(17-19-33)25-12-5-2-6-13-25)27-29-30-31-34(27)15-14-22-8-3-1-4-9-22/h1-13,20,26H,14-19H2. The van der Waals surface area contributed by atoms with E-state index in [1.807, 2.05) is 35.0 Å². The van der Waals surface area contributed by atoms with E-state index in [0.717, 1.165) is 44.0 Å². The van der Waals surface area contributed by atoms with Gasteiger partial charge in [-0.05, 0) is 52.2 Å². The van der Waals surface area contributed by atoms with Gasteiger partial charge in [0.1, 0.15) is 0 Å². The van der Waals surface area contributed by atoms with Crippen molar-refractivity contribution >= 4 is 5.69 Å². The lowest BCUT2D eigenvalue weighted by Crippen LogP contribution is -2.48. The van der Waals surface area contributed by atoms with Crippen LogP contribution < -0.4 is 4.90 Å². The molecule has 0 radical (unpaired) electrons. The van der Waals surface area contributed by atoms with Crippen LogP contribution in [0, 0.1) is 11.3 Å². The van der Waals surface area contributed by atoms with Crippen molar-refractivity contribution in [3.05, 3.63) is 107 Å². The van der Waals surface area contributed by atoms with Crippen LogP contribution in [0.4, 0.5) is 5.69 Å². The van der Waals surface area contributed by atoms with Gasteiger partial charge in [-0.25, -0.2) is 4.68 Å². The fourth-order valence-electron chi connectivity index (χ4n) is 4.62. The zero-order valence-electron chi connectivity index (χ0n) is 19.0. The zero-order valence-corrected chi connectivity index (χ0v) is 19.0. The van der Waals surface area contributed by atoms with Crippen molar-refractivity contribution in [1.82, 2.24) is 25.1 Å². The van der Waals surface area contributed by atoms with E-state index in [4.69, 9.17) is 0 Å². The number of aryl methyl sites for hydroxylation is 2. The van der Waals surface area contributed by atoms with Crippen molar-refractivity contribution in [3.63, 3.8) is 0 Å². The molecule has 1 aliphatic rings. The van der Waals surface area contributed by atoms with E-state index in [1.54, 1.807) is 0 Å². The predicted octanol–water partition coefficient (Wildman–Crippen LogP) is 3.70. The van der Waals surface area contributed by atoms with Gasteiger partial charge in [-0.1, -0.05) is 60.7 Å². The lowest BCUT2D eigenvalue weighted by molar-refractivity contribution is 0.200. The largest absolute Gasteiger partial charge is 0.369 e. The second-order valence-corrected chi connectivity index (χ2v) is 8.49. The maximum absolute atomic E-state index is 9.49. The molecule has 0 bridgehead atoms. The molecule has 0 N–H and O–H groups in total. The van der Waals surface area contributed by atoms with E-state index >= 15 is 0 Å². The van der Waals surface area contributed by atoms with E-state index in [1.165, 1.54) is 11.3 Å². The van der Waals surface area contributed by atoms with Crippen LogP contribution in [0.5, 0.6) is 0 Å². The third-order valence-corrected chi connectivity index (χ3v) is 6.39. The summed E-state index contributed by atoms with van der Waals surface area (Å²) in [6.07, 6.45) is 0.853. The quantitative estimate of drug-likeness (QED) is 0.428. The molecule has 1 unspecified atom stereocenters. The third-order valence-electron chi connectivity index (χ3n) is 6.39. The first-order valence-electron chi connectivity index (χ1n) is 11.7. The van der Waals surface area contributed by atoms with E-state index in [0.29, 0.717) is 12.1 Å². The number of anilines is 1. The number of tetrazole rings is 1. The van der Waals surface area contributed by atoms with Gasteiger partial charge in [0.2, 0.25) is 0 Å². The van der Waals surface area contributed by atoms with Crippen LogP contribution in [0.25, 0.3) is 0 Å². The lowest BCUT2D eigenvalue weighted by atomic mass is 10.0. The van der Waals surface area contributed by atoms with Gasteiger partial charge >= 0.3 is 0 Å². The van der Waals surface area contributed by atoms with Gasteiger partial charge in [0.15, 0.2) is 5.82 Å². The van der Waals surface area contributed by atoms with E-state index in [2.05, 4.69) is 86.0 Å². The molecule has 5 rings (SSSR count). The molecular formula is C27H27N7. The highest BCUT2D eigenvalue weighted by Gasteiger charge is 2.30. The number of nitrogens with zero attached hydrogens (tertiary/aromatic N) is 7. The highest BCUT2D eigenvalue weighted by atomic mass is 15.6. The van der Waals surface area contributed by atoms with Gasteiger partial charge < -0.3 is 4.90 Å². The molecule has 3 aromatic carbocycles. The Labute approximate surface area is 199 Å². The molecule has 0 saturated carbocycles. The van der Waals surface area contributed by atoms with E-state index in [9.17, 15) is 5.26 Å². The SMILES string of the molecule is N#Cc1cccc(C(c2nnnn2CCc2ccccc2)N2CCN(c3ccccc3)CC2)c1. The molecule has 4 aromatic rings. The smallest absolute Gasteiger partial charge is 0.173 e. The van der Waals surface area contributed by atoms with Crippen LogP contribution in [0.3, 0.4) is 0 Å². The summed E-state index contributed by atoms with van der Waals surface area (Å²) in [5.41, 5.74) is 4.19. The molecule has 7 heteroatoms. The van der Waals surface area contributed by atoms with Crippen molar-refractivity contribution in [2.24, 2.45) is 0 Å². The Balaban J connectivity index is 1.41. The Morgan fingerprint density at radius 2 is 1.59 bits per heavy atom.